The number of nitrogens with two attached hydrogens (primary N) is 1. The van der Waals surface area contributed by atoms with Gasteiger partial charge in [-0.3, -0.25) is 5.01 Å². The van der Waals surface area contributed by atoms with Crippen LogP contribution < -0.4 is 10.9 Å². The summed E-state index contributed by atoms with van der Waals surface area (Å²) in [6, 6.07) is 17.2. The number of methoxy groups -OCH3 is 1. The van der Waals surface area contributed by atoms with Gasteiger partial charge >= 0.3 is 5.97 Å². The second-order valence-corrected chi connectivity index (χ2v) is 6.00. The summed E-state index contributed by atoms with van der Waals surface area (Å²) in [6.07, 6.45) is 3.04. The minimum absolute atomic E-state index is 0.369. The molecule has 3 rings (SSSR count). The summed E-state index contributed by atoms with van der Waals surface area (Å²) in [4.78, 5) is 24.3. The number of aromatic nitrogens is 3. The van der Waals surface area contributed by atoms with E-state index in [9.17, 15) is 4.79 Å². The average Bonchev–Trinajstić information content (AvgIpc) is 2.73. The molecule has 3 aromatic rings. The lowest BCUT2D eigenvalue weighted by molar-refractivity contribution is 0.0600. The van der Waals surface area contributed by atoms with Gasteiger partial charge in [0.1, 0.15) is 12.2 Å². The van der Waals surface area contributed by atoms with Crippen molar-refractivity contribution in [2.75, 3.05) is 12.1 Å². The third-order valence-electron chi connectivity index (χ3n) is 4.07. The number of hydrazine groups is 1. The van der Waals surface area contributed by atoms with Crippen molar-refractivity contribution in [1.82, 2.24) is 15.0 Å². The molecule has 0 amide bonds. The van der Waals surface area contributed by atoms with Crippen LogP contribution in [0.5, 0.6) is 0 Å². The molecule has 2 N–H and O–H groups in total. The van der Waals surface area contributed by atoms with Crippen molar-refractivity contribution < 1.29 is 9.53 Å². The molecule has 1 aromatic heterocycles. The van der Waals surface area contributed by atoms with Crippen LogP contribution in [0.4, 0.5) is 5.95 Å². The fourth-order valence-electron chi connectivity index (χ4n) is 2.61. The number of ether oxygens (including phenoxy) is 1. The number of carbonyl (C=O) groups excluding carboxylic acids is 1. The number of carbonyl (C=O) groups is 1. The van der Waals surface area contributed by atoms with Crippen molar-refractivity contribution >= 4 is 11.9 Å². The predicted octanol–water partition coefficient (Wildman–Crippen LogP) is 2.32. The summed E-state index contributed by atoms with van der Waals surface area (Å²) in [5.41, 5.74) is 2.65. The molecule has 7 nitrogen and oxygen atoms in total. The smallest absolute Gasteiger partial charge is 0.337 e. The van der Waals surface area contributed by atoms with Crippen LogP contribution >= 0.6 is 0 Å². The maximum atomic E-state index is 11.5. The van der Waals surface area contributed by atoms with Gasteiger partial charge in [-0.1, -0.05) is 42.5 Å². The van der Waals surface area contributed by atoms with Gasteiger partial charge in [-0.15, -0.1) is 0 Å². The first-order valence-corrected chi connectivity index (χ1v) is 8.57. The molecule has 7 heteroatoms. The van der Waals surface area contributed by atoms with Crippen LogP contribution in [0.3, 0.4) is 0 Å². The van der Waals surface area contributed by atoms with E-state index in [0.29, 0.717) is 30.3 Å². The molecule has 0 saturated heterocycles. The number of rotatable bonds is 7. The molecule has 0 unspecified atom stereocenters. The van der Waals surface area contributed by atoms with Gasteiger partial charge in [0, 0.05) is 6.42 Å². The van der Waals surface area contributed by atoms with Crippen LogP contribution in [0.1, 0.15) is 27.3 Å². The Morgan fingerprint density at radius 3 is 2.44 bits per heavy atom. The summed E-state index contributed by atoms with van der Waals surface area (Å²) in [6.45, 7) is 0.406. The van der Waals surface area contributed by atoms with E-state index in [2.05, 4.69) is 27.1 Å². The Bertz CT molecular complexity index is 884. The Balaban J connectivity index is 1.62. The van der Waals surface area contributed by atoms with Crippen molar-refractivity contribution in [3.8, 4) is 0 Å². The highest BCUT2D eigenvalue weighted by molar-refractivity contribution is 5.89. The Morgan fingerprint density at radius 1 is 1.00 bits per heavy atom. The SMILES string of the molecule is COC(=O)c1ccc(CN(N)c2ncnc(CCc3ccccc3)n2)cc1. The van der Waals surface area contributed by atoms with Crippen LogP contribution in [-0.4, -0.2) is 28.0 Å². The van der Waals surface area contributed by atoms with Gasteiger partial charge in [-0.05, 0) is 29.7 Å². The second kappa shape index (κ2) is 8.86. The molecule has 0 aliphatic heterocycles. The van der Waals surface area contributed by atoms with E-state index in [1.807, 2.05) is 30.3 Å². The highest BCUT2D eigenvalue weighted by Gasteiger charge is 2.10. The van der Waals surface area contributed by atoms with Gasteiger partial charge in [0.25, 0.3) is 0 Å². The number of hydrogen-bond acceptors (Lipinski definition) is 7. The number of anilines is 1. The predicted molar refractivity (Wildman–Crippen MR) is 102 cm³/mol. The maximum Gasteiger partial charge on any atom is 0.337 e. The zero-order valence-corrected chi connectivity index (χ0v) is 15.1. The first-order chi connectivity index (χ1) is 13.2. The Labute approximate surface area is 157 Å². The van der Waals surface area contributed by atoms with Crippen molar-refractivity contribution in [3.63, 3.8) is 0 Å². The standard InChI is InChI=1S/C20H21N5O2/c1-27-19(26)17-10-7-16(8-11-17)13-25(21)20-23-14-22-18(24-20)12-9-15-5-3-2-4-6-15/h2-8,10-11,14H,9,12-13,21H2,1H3. The van der Waals surface area contributed by atoms with E-state index in [0.717, 1.165) is 12.0 Å². The van der Waals surface area contributed by atoms with E-state index in [4.69, 9.17) is 10.6 Å². The summed E-state index contributed by atoms with van der Waals surface area (Å²) in [5, 5.41) is 1.46. The van der Waals surface area contributed by atoms with E-state index >= 15 is 0 Å². The van der Waals surface area contributed by atoms with Gasteiger partial charge in [-0.25, -0.2) is 20.6 Å². The van der Waals surface area contributed by atoms with E-state index in [1.165, 1.54) is 24.0 Å². The molecule has 0 fully saturated rings. The number of benzene rings is 2. The first-order valence-electron chi connectivity index (χ1n) is 8.57. The zero-order valence-electron chi connectivity index (χ0n) is 15.1. The molecule has 0 bridgehead atoms. The molecule has 0 atom stereocenters. The van der Waals surface area contributed by atoms with Crippen molar-refractivity contribution in [1.29, 1.82) is 0 Å². The molecular formula is C20H21N5O2. The number of aryl methyl sites for hydroxylation is 2. The van der Waals surface area contributed by atoms with Crippen LogP contribution in [0.15, 0.2) is 60.9 Å². The third-order valence-corrected chi connectivity index (χ3v) is 4.07. The quantitative estimate of drug-likeness (QED) is 0.391. The number of nitrogens with zero attached hydrogens (tertiary/aromatic N) is 4. The van der Waals surface area contributed by atoms with E-state index in [-0.39, 0.29) is 5.97 Å². The average molecular weight is 363 g/mol. The largest absolute Gasteiger partial charge is 0.465 e. The highest BCUT2D eigenvalue weighted by Crippen LogP contribution is 2.11. The first kappa shape index (κ1) is 18.5. The third kappa shape index (κ3) is 5.08. The summed E-state index contributed by atoms with van der Waals surface area (Å²) < 4.78 is 4.69. The van der Waals surface area contributed by atoms with Gasteiger partial charge in [0.15, 0.2) is 0 Å². The summed E-state index contributed by atoms with van der Waals surface area (Å²) in [7, 11) is 1.36. The van der Waals surface area contributed by atoms with Crippen molar-refractivity contribution in [2.45, 2.75) is 19.4 Å². The molecular weight excluding hydrogens is 342 g/mol. The Hall–Kier alpha value is -3.32. The Morgan fingerprint density at radius 2 is 1.74 bits per heavy atom. The van der Waals surface area contributed by atoms with Gasteiger partial charge in [0.05, 0.1) is 19.2 Å². The van der Waals surface area contributed by atoms with Crippen LogP contribution in [0.2, 0.25) is 0 Å². The lowest BCUT2D eigenvalue weighted by atomic mass is 10.1. The molecule has 0 spiro atoms. The highest BCUT2D eigenvalue weighted by atomic mass is 16.5. The Kier molecular flexibility index (Phi) is 6.06. The van der Waals surface area contributed by atoms with Gasteiger partial charge < -0.3 is 4.74 Å². The zero-order chi connectivity index (χ0) is 19.1. The van der Waals surface area contributed by atoms with Crippen LogP contribution in [-0.2, 0) is 24.1 Å². The van der Waals surface area contributed by atoms with E-state index in [1.54, 1.807) is 12.1 Å². The fourth-order valence-corrected chi connectivity index (χ4v) is 2.61. The molecule has 0 aliphatic rings. The molecule has 2 aromatic carbocycles. The molecule has 138 valence electrons. The molecule has 0 radical (unpaired) electrons. The minimum Gasteiger partial charge on any atom is -0.465 e. The fraction of sp³-hybridized carbons (Fsp3) is 0.200. The minimum atomic E-state index is -0.369. The monoisotopic (exact) mass is 363 g/mol. The van der Waals surface area contributed by atoms with Crippen molar-refractivity contribution in [3.05, 3.63) is 83.4 Å². The van der Waals surface area contributed by atoms with E-state index < -0.39 is 0 Å². The van der Waals surface area contributed by atoms with Crippen LogP contribution in [0.25, 0.3) is 0 Å². The summed E-state index contributed by atoms with van der Waals surface area (Å²) in [5.74, 6) is 6.85. The van der Waals surface area contributed by atoms with Crippen molar-refractivity contribution in [2.24, 2.45) is 5.84 Å². The second-order valence-electron chi connectivity index (χ2n) is 6.00. The van der Waals surface area contributed by atoms with Gasteiger partial charge in [0.2, 0.25) is 5.95 Å². The topological polar surface area (TPSA) is 94.2 Å². The van der Waals surface area contributed by atoms with Gasteiger partial charge in [-0.2, -0.15) is 4.98 Å². The molecule has 0 saturated carbocycles. The molecule has 1 heterocycles. The number of hydrogen-bond donors (Lipinski definition) is 1. The summed E-state index contributed by atoms with van der Waals surface area (Å²) >= 11 is 0. The maximum absolute atomic E-state index is 11.5. The van der Waals surface area contributed by atoms with Crippen LogP contribution in [0, 0.1) is 0 Å². The lowest BCUT2D eigenvalue weighted by Crippen LogP contribution is -2.32. The lowest BCUT2D eigenvalue weighted by Gasteiger charge is -2.16. The number of esters is 1. The molecule has 27 heavy (non-hydrogen) atoms. The molecule has 0 aliphatic carbocycles. The normalized spacial score (nSPS) is 10.4.